The highest BCUT2D eigenvalue weighted by Crippen LogP contribution is 2.47. The van der Waals surface area contributed by atoms with Gasteiger partial charge in [0.15, 0.2) is 10.8 Å². The maximum atomic E-state index is 13.5. The highest BCUT2D eigenvalue weighted by molar-refractivity contribution is 7.89. The number of benzene rings is 1. The van der Waals surface area contributed by atoms with Crippen molar-refractivity contribution in [2.24, 2.45) is 10.9 Å². The monoisotopic (exact) mass is 596 g/mol. The number of sulfonamides is 1. The van der Waals surface area contributed by atoms with Gasteiger partial charge in [-0.1, -0.05) is 23.7 Å². The zero-order valence-electron chi connectivity index (χ0n) is 21.2. The normalized spacial score (nSPS) is 19.6. The molecule has 9 nitrogen and oxygen atoms in total. The van der Waals surface area contributed by atoms with Crippen molar-refractivity contribution in [3.63, 3.8) is 0 Å². The molecular formula is C25H27ClF2N6O3S2. The molecule has 4 heterocycles. The van der Waals surface area contributed by atoms with Crippen LogP contribution in [-0.2, 0) is 14.8 Å². The van der Waals surface area contributed by atoms with Gasteiger partial charge in [0.05, 0.1) is 18.6 Å². The van der Waals surface area contributed by atoms with E-state index in [0.717, 1.165) is 16.8 Å². The second-order valence-electron chi connectivity index (χ2n) is 9.41. The maximum Gasteiger partial charge on any atom is 0.333 e. The topological polar surface area (TPSA) is 102 Å². The van der Waals surface area contributed by atoms with Gasteiger partial charge < -0.3 is 9.64 Å². The molecule has 1 N–H and O–H groups in total. The first-order valence-electron chi connectivity index (χ1n) is 12.2. The van der Waals surface area contributed by atoms with Crippen LogP contribution < -0.4 is 4.72 Å². The first-order valence-corrected chi connectivity index (χ1v) is 15.1. The van der Waals surface area contributed by atoms with E-state index in [-0.39, 0.29) is 24.8 Å². The number of nitrogens with zero attached hydrogens (tertiary/aromatic N) is 5. The van der Waals surface area contributed by atoms with Crippen LogP contribution in [0, 0.1) is 12.8 Å². The molecule has 0 amide bonds. The lowest BCUT2D eigenvalue weighted by Crippen LogP contribution is -2.36. The molecule has 0 bridgehead atoms. The molecule has 0 radical (unpaired) electrons. The number of rotatable bonds is 10. The van der Waals surface area contributed by atoms with Gasteiger partial charge >= 0.3 is 6.55 Å². The molecule has 208 valence electrons. The average molecular weight is 597 g/mol. The third-order valence-electron chi connectivity index (χ3n) is 6.67. The summed E-state index contributed by atoms with van der Waals surface area (Å²) in [5.74, 6) is 0.395. The SMILES string of the molecule is COCCS(=O)(=O)NCC1CC2=C(c3cnn(C(F)F)c3)[C@H](c3ccc(C)cc3Cl)N=C(c3nccs3)N2C1. The molecule has 0 saturated carbocycles. The number of hydrogen-bond donors (Lipinski definition) is 1. The third kappa shape index (κ3) is 5.92. The molecule has 1 fully saturated rings. The number of hydrogen-bond acceptors (Lipinski definition) is 8. The van der Waals surface area contributed by atoms with Crippen molar-refractivity contribution in [1.82, 2.24) is 24.4 Å². The quantitative estimate of drug-likeness (QED) is 0.370. The number of methoxy groups -OCH3 is 1. The summed E-state index contributed by atoms with van der Waals surface area (Å²) in [4.78, 5) is 11.6. The minimum Gasteiger partial charge on any atom is -0.384 e. The van der Waals surface area contributed by atoms with Crippen LogP contribution in [0.3, 0.4) is 0 Å². The van der Waals surface area contributed by atoms with Gasteiger partial charge in [-0.15, -0.1) is 11.3 Å². The summed E-state index contributed by atoms with van der Waals surface area (Å²) in [6, 6.07) is 5.08. The summed E-state index contributed by atoms with van der Waals surface area (Å²) in [5, 5.41) is 6.94. The Labute approximate surface area is 234 Å². The molecule has 1 unspecified atom stereocenters. The van der Waals surface area contributed by atoms with Gasteiger partial charge in [0.25, 0.3) is 0 Å². The second kappa shape index (κ2) is 11.4. The number of aryl methyl sites for hydroxylation is 1. The molecule has 5 rings (SSSR count). The second-order valence-corrected chi connectivity index (χ2v) is 12.6. The smallest absolute Gasteiger partial charge is 0.333 e. The van der Waals surface area contributed by atoms with E-state index in [9.17, 15) is 17.2 Å². The first-order chi connectivity index (χ1) is 18.7. The lowest BCUT2D eigenvalue weighted by molar-refractivity contribution is 0.0566. The molecule has 2 atom stereocenters. The molecule has 2 aliphatic heterocycles. The molecular weight excluding hydrogens is 570 g/mol. The molecule has 1 saturated heterocycles. The highest BCUT2D eigenvalue weighted by Gasteiger charge is 2.40. The lowest BCUT2D eigenvalue weighted by Gasteiger charge is -2.32. The first kappa shape index (κ1) is 27.8. The predicted octanol–water partition coefficient (Wildman–Crippen LogP) is 4.50. The number of alkyl halides is 2. The van der Waals surface area contributed by atoms with Crippen molar-refractivity contribution >= 4 is 44.4 Å². The summed E-state index contributed by atoms with van der Waals surface area (Å²) in [7, 11) is -2.07. The number of aromatic nitrogens is 3. The number of allylic oxidation sites excluding steroid dienone is 1. The summed E-state index contributed by atoms with van der Waals surface area (Å²) >= 11 is 8.15. The Morgan fingerprint density at radius 3 is 2.82 bits per heavy atom. The lowest BCUT2D eigenvalue weighted by atomic mass is 9.90. The number of nitrogens with one attached hydrogen (secondary N) is 1. The van der Waals surface area contributed by atoms with E-state index < -0.39 is 22.6 Å². The van der Waals surface area contributed by atoms with Crippen LogP contribution in [0.2, 0.25) is 5.02 Å². The van der Waals surface area contributed by atoms with Gasteiger partial charge in [-0.05, 0) is 36.5 Å². The van der Waals surface area contributed by atoms with Gasteiger partial charge in [-0.2, -0.15) is 13.9 Å². The third-order valence-corrected chi connectivity index (χ3v) is 9.08. The molecule has 0 aliphatic carbocycles. The predicted molar refractivity (Wildman–Crippen MR) is 146 cm³/mol. The van der Waals surface area contributed by atoms with Crippen LogP contribution >= 0.6 is 22.9 Å². The molecule has 14 heteroatoms. The van der Waals surface area contributed by atoms with E-state index in [1.165, 1.54) is 30.8 Å². The van der Waals surface area contributed by atoms with Crippen molar-refractivity contribution in [2.75, 3.05) is 32.6 Å². The number of aliphatic imine (C=N–C) groups is 1. The van der Waals surface area contributed by atoms with Gasteiger partial charge in [-0.3, -0.25) is 4.99 Å². The van der Waals surface area contributed by atoms with Crippen LogP contribution in [0.25, 0.3) is 5.57 Å². The number of halogens is 3. The molecule has 0 spiro atoms. The van der Waals surface area contributed by atoms with Gasteiger partial charge in [-0.25, -0.2) is 22.8 Å². The van der Waals surface area contributed by atoms with E-state index in [1.54, 1.807) is 6.20 Å². The fraction of sp³-hybridized carbons (Fsp3) is 0.400. The van der Waals surface area contributed by atoms with Crippen LogP contribution in [0.15, 0.2) is 52.9 Å². The van der Waals surface area contributed by atoms with Crippen LogP contribution in [-0.4, -0.2) is 66.5 Å². The maximum absolute atomic E-state index is 13.5. The van der Waals surface area contributed by atoms with Crippen molar-refractivity contribution in [1.29, 1.82) is 0 Å². The van der Waals surface area contributed by atoms with E-state index in [1.807, 2.05) is 35.4 Å². The Kier molecular flexibility index (Phi) is 8.15. The fourth-order valence-corrected chi connectivity index (χ4v) is 6.84. The Morgan fingerprint density at radius 2 is 2.15 bits per heavy atom. The molecule has 3 aromatic rings. The van der Waals surface area contributed by atoms with Gasteiger partial charge in [0, 0.05) is 59.8 Å². The van der Waals surface area contributed by atoms with E-state index in [2.05, 4.69) is 14.8 Å². The largest absolute Gasteiger partial charge is 0.384 e. The molecule has 39 heavy (non-hydrogen) atoms. The fourth-order valence-electron chi connectivity index (χ4n) is 4.84. The molecule has 2 aliphatic rings. The standard InChI is InChI=1S/C25H27ClF2N6O3S2/c1-15-3-4-18(19(26)9-15)22-21(17-12-30-34(14-17)25(27)28)20-10-16(11-31-39(35,36)8-6-37-2)13-33(20)23(32-22)24-29-5-7-38-24/h3-5,7,9,12,14,16,22,25,31H,6,8,10-11,13H2,1-2H3/t16?,22-/m0/s1. The van der Waals surface area contributed by atoms with E-state index in [4.69, 9.17) is 21.3 Å². The van der Waals surface area contributed by atoms with Crippen molar-refractivity contribution in [2.45, 2.75) is 25.9 Å². The summed E-state index contributed by atoms with van der Waals surface area (Å²) in [5.41, 5.74) is 3.77. The van der Waals surface area contributed by atoms with Gasteiger partial charge in [0.1, 0.15) is 6.04 Å². The Balaban J connectivity index is 1.60. The average Bonchev–Trinajstić information content (AvgIpc) is 3.66. The van der Waals surface area contributed by atoms with E-state index >= 15 is 0 Å². The number of amidine groups is 1. The van der Waals surface area contributed by atoms with E-state index in [0.29, 0.717) is 44.6 Å². The zero-order valence-corrected chi connectivity index (χ0v) is 23.6. The van der Waals surface area contributed by atoms with Crippen molar-refractivity contribution in [3.05, 3.63) is 74.6 Å². The minimum atomic E-state index is -3.52. The van der Waals surface area contributed by atoms with Crippen LogP contribution in [0.4, 0.5) is 8.78 Å². The zero-order chi connectivity index (χ0) is 27.7. The molecule has 1 aromatic carbocycles. The van der Waals surface area contributed by atoms with Gasteiger partial charge in [0.2, 0.25) is 10.0 Å². The van der Waals surface area contributed by atoms with Crippen molar-refractivity contribution < 1.29 is 21.9 Å². The Hall–Kier alpha value is -2.71. The Bertz CT molecular complexity index is 1510. The Morgan fingerprint density at radius 1 is 1.33 bits per heavy atom. The number of fused-ring (bicyclic) bond motifs is 1. The van der Waals surface area contributed by atoms with Crippen LogP contribution in [0.1, 0.15) is 40.7 Å². The van der Waals surface area contributed by atoms with Crippen molar-refractivity contribution in [3.8, 4) is 0 Å². The number of thiazole rings is 1. The summed E-state index contributed by atoms with van der Waals surface area (Å²) in [6.45, 7) is -0.0881. The highest BCUT2D eigenvalue weighted by atomic mass is 35.5. The summed E-state index contributed by atoms with van der Waals surface area (Å²) in [6.07, 6.45) is 4.91. The van der Waals surface area contributed by atoms with Crippen LogP contribution in [0.5, 0.6) is 0 Å². The summed E-state index contributed by atoms with van der Waals surface area (Å²) < 4.78 is 60.0. The molecule has 2 aromatic heterocycles. The minimum absolute atomic E-state index is 0.0927. The number of ether oxygens (including phenoxy) is 1.